The molecule has 5 nitrogen and oxygen atoms in total. The maximum Gasteiger partial charge on any atom is 0.338 e. The smallest absolute Gasteiger partial charge is 0.338 e. The molecule has 2 aromatic heterocycles. The number of urea groups is 1. The van der Waals surface area contributed by atoms with Gasteiger partial charge in [0.05, 0.1) is 22.5 Å². The number of ether oxygens (including phenoxy) is 1. The molecule has 0 spiro atoms. The van der Waals surface area contributed by atoms with Crippen molar-refractivity contribution < 1.29 is 14.3 Å². The Morgan fingerprint density at radius 1 is 1.40 bits per heavy atom. The molecule has 0 bridgehead atoms. The van der Waals surface area contributed by atoms with Gasteiger partial charge >= 0.3 is 12.0 Å². The first-order valence-corrected chi connectivity index (χ1v) is 10.1. The highest BCUT2D eigenvalue weighted by Gasteiger charge is 2.36. The summed E-state index contributed by atoms with van der Waals surface area (Å²) in [5, 5.41) is 4.96. The molecule has 8 heteroatoms. The van der Waals surface area contributed by atoms with E-state index in [1.165, 1.54) is 23.3 Å². The van der Waals surface area contributed by atoms with Gasteiger partial charge in [-0.15, -0.1) is 22.7 Å². The summed E-state index contributed by atoms with van der Waals surface area (Å²) in [4.78, 5) is 28.7. The number of carbonyl (C=O) groups is 2. The van der Waals surface area contributed by atoms with Crippen molar-refractivity contribution in [2.24, 2.45) is 0 Å². The van der Waals surface area contributed by atoms with Gasteiger partial charge in [-0.25, -0.2) is 9.59 Å². The fourth-order valence-electron chi connectivity index (χ4n) is 2.80. The van der Waals surface area contributed by atoms with E-state index in [0.29, 0.717) is 17.8 Å². The molecular weight excluding hydrogens is 424 g/mol. The summed E-state index contributed by atoms with van der Waals surface area (Å²) in [7, 11) is 1.36. The molecule has 3 rings (SSSR count). The van der Waals surface area contributed by atoms with Crippen molar-refractivity contribution in [3.63, 3.8) is 0 Å². The normalized spacial score (nSPS) is 17.6. The Labute approximate surface area is 162 Å². The standard InChI is InChI=1S/C17H17BrN2O3S2/c1-10-14(16(21)23-2)15(12-5-6-13(18)25-12)19-17(22)20(10)8-7-11-4-3-9-24-11/h3-6,9,15H,7-8H2,1-2H3,(H,19,22). The molecule has 1 atom stereocenters. The lowest BCUT2D eigenvalue weighted by Crippen LogP contribution is -2.48. The highest BCUT2D eigenvalue weighted by Crippen LogP contribution is 2.36. The summed E-state index contributed by atoms with van der Waals surface area (Å²) in [6.07, 6.45) is 0.742. The molecule has 2 amide bonds. The third-order valence-corrected chi connectivity index (χ3v) is 6.67. The number of halogens is 1. The Hall–Kier alpha value is -1.64. The Balaban J connectivity index is 1.92. The van der Waals surface area contributed by atoms with Crippen LogP contribution in [0.4, 0.5) is 4.79 Å². The minimum absolute atomic E-state index is 0.198. The number of hydrogen-bond donors (Lipinski definition) is 1. The number of thiophene rings is 2. The number of esters is 1. The fraction of sp³-hybridized carbons (Fsp3) is 0.294. The van der Waals surface area contributed by atoms with Crippen LogP contribution in [0.15, 0.2) is 44.7 Å². The number of amides is 2. The average molecular weight is 441 g/mol. The molecule has 0 saturated carbocycles. The molecule has 132 valence electrons. The van der Waals surface area contributed by atoms with Crippen LogP contribution < -0.4 is 5.32 Å². The molecule has 0 radical (unpaired) electrons. The zero-order chi connectivity index (χ0) is 18.0. The van der Waals surface area contributed by atoms with Crippen LogP contribution in [0, 0.1) is 0 Å². The fourth-order valence-corrected chi connectivity index (χ4v) is 4.98. The summed E-state index contributed by atoms with van der Waals surface area (Å²) in [5.41, 5.74) is 1.12. The van der Waals surface area contributed by atoms with Gasteiger partial charge < -0.3 is 10.1 Å². The maximum absolute atomic E-state index is 12.6. The predicted molar refractivity (Wildman–Crippen MR) is 103 cm³/mol. The van der Waals surface area contributed by atoms with Gasteiger partial charge in [-0.2, -0.15) is 0 Å². The van der Waals surface area contributed by atoms with E-state index < -0.39 is 12.0 Å². The highest BCUT2D eigenvalue weighted by atomic mass is 79.9. The van der Waals surface area contributed by atoms with Crippen LogP contribution in [0.1, 0.15) is 22.7 Å². The van der Waals surface area contributed by atoms with Crippen molar-refractivity contribution in [2.75, 3.05) is 13.7 Å². The third kappa shape index (κ3) is 3.80. The molecular formula is C17H17BrN2O3S2. The molecule has 0 fully saturated rings. The topological polar surface area (TPSA) is 58.6 Å². The summed E-state index contributed by atoms with van der Waals surface area (Å²) in [6, 6.07) is 7.14. The van der Waals surface area contributed by atoms with Crippen LogP contribution in [0.25, 0.3) is 0 Å². The Bertz CT molecular complexity index is 814. The van der Waals surface area contributed by atoms with Gasteiger partial charge in [0, 0.05) is 22.0 Å². The van der Waals surface area contributed by atoms with Crippen LogP contribution in [0.3, 0.4) is 0 Å². The van der Waals surface area contributed by atoms with E-state index in [4.69, 9.17) is 4.74 Å². The lowest BCUT2D eigenvalue weighted by molar-refractivity contribution is -0.136. The van der Waals surface area contributed by atoms with Crippen LogP contribution >= 0.6 is 38.6 Å². The van der Waals surface area contributed by atoms with Crippen LogP contribution in [-0.4, -0.2) is 30.6 Å². The van der Waals surface area contributed by atoms with Crippen molar-refractivity contribution in [3.05, 3.63) is 54.5 Å². The Morgan fingerprint density at radius 2 is 2.20 bits per heavy atom. The molecule has 1 aliphatic rings. The second-order valence-corrected chi connectivity index (χ2v) is 9.02. The van der Waals surface area contributed by atoms with E-state index in [2.05, 4.69) is 21.2 Å². The second kappa shape index (κ2) is 7.72. The Kier molecular flexibility index (Phi) is 5.61. The minimum atomic E-state index is -0.491. The van der Waals surface area contributed by atoms with Crippen LogP contribution in [0.2, 0.25) is 0 Å². The first kappa shape index (κ1) is 18.2. The third-order valence-electron chi connectivity index (χ3n) is 4.04. The van der Waals surface area contributed by atoms with E-state index in [0.717, 1.165) is 15.1 Å². The largest absolute Gasteiger partial charge is 0.466 e. The number of nitrogens with one attached hydrogen (secondary N) is 1. The molecule has 0 aliphatic carbocycles. The van der Waals surface area contributed by atoms with Crippen LogP contribution in [-0.2, 0) is 16.0 Å². The van der Waals surface area contributed by atoms with Crippen molar-refractivity contribution in [1.82, 2.24) is 10.2 Å². The van der Waals surface area contributed by atoms with Gasteiger partial charge in [0.2, 0.25) is 0 Å². The maximum atomic E-state index is 12.6. The number of allylic oxidation sites excluding steroid dienone is 1. The molecule has 0 saturated heterocycles. The van der Waals surface area contributed by atoms with Crippen molar-refractivity contribution in [2.45, 2.75) is 19.4 Å². The number of rotatable bonds is 5. The lowest BCUT2D eigenvalue weighted by atomic mass is 10.0. The van der Waals surface area contributed by atoms with Crippen molar-refractivity contribution >= 4 is 50.6 Å². The summed E-state index contributed by atoms with van der Waals surface area (Å²) in [6.45, 7) is 2.31. The molecule has 25 heavy (non-hydrogen) atoms. The molecule has 1 aliphatic heterocycles. The first-order valence-electron chi connectivity index (χ1n) is 7.66. The zero-order valence-electron chi connectivity index (χ0n) is 13.7. The minimum Gasteiger partial charge on any atom is -0.466 e. The van der Waals surface area contributed by atoms with E-state index in [1.54, 1.807) is 23.2 Å². The lowest BCUT2D eigenvalue weighted by Gasteiger charge is -2.34. The molecule has 1 unspecified atom stereocenters. The Morgan fingerprint density at radius 3 is 2.80 bits per heavy atom. The van der Waals surface area contributed by atoms with Crippen LogP contribution in [0.5, 0.6) is 0 Å². The molecule has 3 heterocycles. The van der Waals surface area contributed by atoms with E-state index in [9.17, 15) is 9.59 Å². The highest BCUT2D eigenvalue weighted by molar-refractivity contribution is 9.11. The zero-order valence-corrected chi connectivity index (χ0v) is 17.0. The SMILES string of the molecule is COC(=O)C1=C(C)N(CCc2cccs2)C(=O)NC1c1ccc(Br)s1. The number of hydrogen-bond acceptors (Lipinski definition) is 5. The van der Waals surface area contributed by atoms with Gasteiger partial charge in [-0.05, 0) is 52.9 Å². The monoisotopic (exact) mass is 440 g/mol. The first-order chi connectivity index (χ1) is 12.0. The molecule has 0 aromatic carbocycles. The van der Waals surface area contributed by atoms with E-state index in [1.807, 2.05) is 29.6 Å². The van der Waals surface area contributed by atoms with Gasteiger partial charge in [0.1, 0.15) is 0 Å². The predicted octanol–water partition coefficient (Wildman–Crippen LogP) is 4.33. The average Bonchev–Trinajstić information content (AvgIpc) is 3.25. The van der Waals surface area contributed by atoms with Crippen molar-refractivity contribution in [3.8, 4) is 0 Å². The van der Waals surface area contributed by atoms with Gasteiger partial charge in [-0.1, -0.05) is 6.07 Å². The molecule has 2 aromatic rings. The summed E-state index contributed by atoms with van der Waals surface area (Å²) in [5.74, 6) is -0.423. The van der Waals surface area contributed by atoms with Crippen molar-refractivity contribution in [1.29, 1.82) is 0 Å². The van der Waals surface area contributed by atoms with Gasteiger partial charge in [0.15, 0.2) is 0 Å². The van der Waals surface area contributed by atoms with E-state index >= 15 is 0 Å². The van der Waals surface area contributed by atoms with Gasteiger partial charge in [-0.3, -0.25) is 4.90 Å². The van der Waals surface area contributed by atoms with E-state index in [-0.39, 0.29) is 6.03 Å². The second-order valence-electron chi connectivity index (χ2n) is 5.50. The number of nitrogens with zero attached hydrogens (tertiary/aromatic N) is 1. The summed E-state index contributed by atoms with van der Waals surface area (Å²) >= 11 is 6.57. The molecule has 1 N–H and O–H groups in total. The number of carbonyl (C=O) groups excluding carboxylic acids is 2. The number of methoxy groups -OCH3 is 1. The van der Waals surface area contributed by atoms with Gasteiger partial charge in [0.25, 0.3) is 0 Å². The summed E-state index contributed by atoms with van der Waals surface area (Å²) < 4.78 is 5.92. The quantitative estimate of drug-likeness (QED) is 0.703.